The van der Waals surface area contributed by atoms with Crippen molar-refractivity contribution >= 4 is 28.7 Å². The summed E-state index contributed by atoms with van der Waals surface area (Å²) in [5.41, 5.74) is 2.70. The molecule has 33 heavy (non-hydrogen) atoms. The summed E-state index contributed by atoms with van der Waals surface area (Å²) in [6.07, 6.45) is -2.02. The van der Waals surface area contributed by atoms with Gasteiger partial charge in [-0.25, -0.2) is 4.98 Å². The monoisotopic (exact) mass is 476 g/mol. The number of rotatable bonds is 7. The summed E-state index contributed by atoms with van der Waals surface area (Å²) in [6, 6.07) is 13.6. The SMILES string of the molecule is O=C(NC1CC1)[C@@H]1C[C@@H](Sc2nc3ccccc3[nH]2)CN1Cc1ccc(OC(F)(F)F)cc1. The third-order valence-electron chi connectivity index (χ3n) is 5.78. The number of imidazole rings is 1. The minimum absolute atomic E-state index is 0.0160. The molecule has 0 radical (unpaired) electrons. The van der Waals surface area contributed by atoms with E-state index in [0.29, 0.717) is 19.5 Å². The first-order valence-electron chi connectivity index (χ1n) is 10.8. The van der Waals surface area contributed by atoms with Crippen molar-refractivity contribution in [1.29, 1.82) is 0 Å². The highest BCUT2D eigenvalue weighted by atomic mass is 32.2. The number of amides is 1. The van der Waals surface area contributed by atoms with Gasteiger partial charge in [0.15, 0.2) is 5.16 Å². The molecule has 2 N–H and O–H groups in total. The Labute approximate surface area is 192 Å². The molecule has 2 fully saturated rings. The standard InChI is InChI=1S/C23H23F3N4O2S/c24-23(25,26)32-16-9-5-14(6-10-16)12-30-13-17(11-20(30)21(31)27-15-7-8-15)33-22-28-18-3-1-2-4-19(18)29-22/h1-6,9-10,15,17,20H,7-8,11-13H2,(H,27,31)(H,28,29)/t17-,20+/m1/s1. The summed E-state index contributed by atoms with van der Waals surface area (Å²) in [7, 11) is 0. The molecule has 2 atom stereocenters. The van der Waals surface area contributed by atoms with Gasteiger partial charge in [-0.1, -0.05) is 36.0 Å². The zero-order chi connectivity index (χ0) is 23.0. The van der Waals surface area contributed by atoms with Crippen molar-refractivity contribution in [2.24, 2.45) is 0 Å². The zero-order valence-corrected chi connectivity index (χ0v) is 18.5. The number of nitrogens with one attached hydrogen (secondary N) is 2. The fourth-order valence-electron chi connectivity index (χ4n) is 4.09. The molecule has 0 spiro atoms. The molecule has 2 aromatic carbocycles. The highest BCUT2D eigenvalue weighted by Gasteiger charge is 2.39. The quantitative estimate of drug-likeness (QED) is 0.527. The molecule has 174 valence electrons. The largest absolute Gasteiger partial charge is 0.573 e. The number of hydrogen-bond donors (Lipinski definition) is 2. The van der Waals surface area contributed by atoms with Crippen molar-refractivity contribution in [3.05, 3.63) is 54.1 Å². The van der Waals surface area contributed by atoms with Gasteiger partial charge in [0.25, 0.3) is 0 Å². The highest BCUT2D eigenvalue weighted by molar-refractivity contribution is 7.99. The highest BCUT2D eigenvalue weighted by Crippen LogP contribution is 2.34. The Morgan fingerprint density at radius 2 is 1.94 bits per heavy atom. The van der Waals surface area contributed by atoms with E-state index in [9.17, 15) is 18.0 Å². The van der Waals surface area contributed by atoms with E-state index in [-0.39, 0.29) is 29.0 Å². The Balaban J connectivity index is 1.28. The molecule has 0 bridgehead atoms. The lowest BCUT2D eigenvalue weighted by molar-refractivity contribution is -0.274. The minimum atomic E-state index is -4.72. The lowest BCUT2D eigenvalue weighted by Gasteiger charge is -2.23. The maximum atomic E-state index is 12.9. The van der Waals surface area contributed by atoms with Crippen LogP contribution in [0.4, 0.5) is 13.2 Å². The number of carbonyl (C=O) groups excluding carboxylic acids is 1. The van der Waals surface area contributed by atoms with Crippen LogP contribution in [-0.2, 0) is 11.3 Å². The number of fused-ring (bicyclic) bond motifs is 1. The maximum absolute atomic E-state index is 12.9. The molecule has 1 saturated carbocycles. The topological polar surface area (TPSA) is 70.2 Å². The van der Waals surface area contributed by atoms with Crippen molar-refractivity contribution < 1.29 is 22.7 Å². The summed E-state index contributed by atoms with van der Waals surface area (Å²) in [6.45, 7) is 1.14. The number of thioether (sulfide) groups is 1. The predicted octanol–water partition coefficient (Wildman–Crippen LogP) is 4.48. The van der Waals surface area contributed by atoms with Gasteiger partial charge >= 0.3 is 6.36 Å². The molecule has 2 aliphatic rings. The molecule has 6 nitrogen and oxygen atoms in total. The van der Waals surface area contributed by atoms with Gasteiger partial charge in [-0.15, -0.1) is 13.2 Å². The van der Waals surface area contributed by atoms with Gasteiger partial charge < -0.3 is 15.0 Å². The third kappa shape index (κ3) is 5.62. The van der Waals surface area contributed by atoms with Crippen LogP contribution in [0.5, 0.6) is 5.75 Å². The molecule has 1 saturated heterocycles. The van der Waals surface area contributed by atoms with E-state index in [1.165, 1.54) is 12.1 Å². The number of benzene rings is 2. The molecule has 1 amide bonds. The number of likely N-dealkylation sites (tertiary alicyclic amines) is 1. The van der Waals surface area contributed by atoms with Gasteiger partial charge in [-0.2, -0.15) is 0 Å². The number of aromatic amines is 1. The Kier molecular flexibility index (Phi) is 5.96. The smallest absolute Gasteiger partial charge is 0.406 e. The number of ether oxygens (including phenoxy) is 1. The molecular formula is C23H23F3N4O2S. The van der Waals surface area contributed by atoms with E-state index in [0.717, 1.165) is 34.6 Å². The molecule has 10 heteroatoms. The van der Waals surface area contributed by atoms with Gasteiger partial charge in [0.1, 0.15) is 5.75 Å². The molecule has 1 aliphatic heterocycles. The number of carbonyl (C=O) groups is 1. The van der Waals surface area contributed by atoms with Gasteiger partial charge in [-0.05, 0) is 49.1 Å². The predicted molar refractivity (Wildman–Crippen MR) is 119 cm³/mol. The molecule has 5 rings (SSSR count). The van der Waals surface area contributed by atoms with Gasteiger partial charge in [0.05, 0.1) is 17.1 Å². The Hall–Kier alpha value is -2.72. The number of nitrogens with zero attached hydrogens (tertiary/aromatic N) is 2. The lowest BCUT2D eigenvalue weighted by Crippen LogP contribution is -2.43. The second-order valence-electron chi connectivity index (χ2n) is 8.45. The summed E-state index contributed by atoms with van der Waals surface area (Å²) >= 11 is 1.62. The number of H-pyrrole nitrogens is 1. The molecular weight excluding hydrogens is 453 g/mol. The molecule has 1 aromatic heterocycles. The first-order valence-corrected chi connectivity index (χ1v) is 11.7. The third-order valence-corrected chi connectivity index (χ3v) is 6.87. The Bertz CT molecular complexity index is 1100. The number of para-hydroxylation sites is 2. The first-order chi connectivity index (χ1) is 15.8. The van der Waals surface area contributed by atoms with Crippen molar-refractivity contribution in [3.8, 4) is 5.75 Å². The van der Waals surface area contributed by atoms with E-state index in [1.807, 2.05) is 24.3 Å². The van der Waals surface area contributed by atoms with Crippen LogP contribution >= 0.6 is 11.8 Å². The lowest BCUT2D eigenvalue weighted by atomic mass is 10.1. The fourth-order valence-corrected chi connectivity index (χ4v) is 5.27. The van der Waals surface area contributed by atoms with E-state index in [4.69, 9.17) is 0 Å². The van der Waals surface area contributed by atoms with Crippen molar-refractivity contribution in [2.75, 3.05) is 6.54 Å². The van der Waals surface area contributed by atoms with E-state index >= 15 is 0 Å². The summed E-state index contributed by atoms with van der Waals surface area (Å²) in [5.74, 6) is -0.240. The van der Waals surface area contributed by atoms with Crippen LogP contribution in [0.1, 0.15) is 24.8 Å². The van der Waals surface area contributed by atoms with E-state index in [2.05, 4.69) is 24.9 Å². The van der Waals surface area contributed by atoms with Crippen molar-refractivity contribution in [2.45, 2.75) is 54.7 Å². The number of alkyl halides is 3. The zero-order valence-electron chi connectivity index (χ0n) is 17.6. The molecule has 0 unspecified atom stereocenters. The van der Waals surface area contributed by atoms with Crippen LogP contribution in [0.2, 0.25) is 0 Å². The second-order valence-corrected chi connectivity index (χ2v) is 9.74. The van der Waals surface area contributed by atoms with Gasteiger partial charge in [0, 0.05) is 24.4 Å². The average Bonchev–Trinajstić information content (AvgIpc) is 3.33. The maximum Gasteiger partial charge on any atom is 0.573 e. The Morgan fingerprint density at radius 3 is 2.64 bits per heavy atom. The van der Waals surface area contributed by atoms with Gasteiger partial charge in [-0.3, -0.25) is 9.69 Å². The van der Waals surface area contributed by atoms with E-state index < -0.39 is 6.36 Å². The number of halogens is 3. The molecule has 1 aliphatic carbocycles. The summed E-state index contributed by atoms with van der Waals surface area (Å²) in [5, 5.41) is 4.07. The summed E-state index contributed by atoms with van der Waals surface area (Å²) < 4.78 is 41.2. The van der Waals surface area contributed by atoms with Crippen LogP contribution in [-0.4, -0.2) is 51.0 Å². The van der Waals surface area contributed by atoms with Crippen molar-refractivity contribution in [3.63, 3.8) is 0 Å². The average molecular weight is 477 g/mol. The second kappa shape index (κ2) is 8.90. The van der Waals surface area contributed by atoms with Gasteiger partial charge in [0.2, 0.25) is 5.91 Å². The number of aromatic nitrogens is 2. The Morgan fingerprint density at radius 1 is 1.18 bits per heavy atom. The molecule has 3 aromatic rings. The van der Waals surface area contributed by atoms with Crippen LogP contribution < -0.4 is 10.1 Å². The normalized spacial score (nSPS) is 21.4. The molecule has 2 heterocycles. The minimum Gasteiger partial charge on any atom is -0.406 e. The van der Waals surface area contributed by atoms with Crippen LogP contribution in [0.3, 0.4) is 0 Å². The number of hydrogen-bond acceptors (Lipinski definition) is 5. The first kappa shape index (κ1) is 22.1. The van der Waals surface area contributed by atoms with E-state index in [1.54, 1.807) is 23.9 Å². The van der Waals surface area contributed by atoms with Crippen LogP contribution in [0, 0.1) is 0 Å². The van der Waals surface area contributed by atoms with Crippen molar-refractivity contribution in [1.82, 2.24) is 20.2 Å². The fraction of sp³-hybridized carbons (Fsp3) is 0.391. The van der Waals surface area contributed by atoms with Crippen LogP contribution in [0.25, 0.3) is 11.0 Å². The summed E-state index contributed by atoms with van der Waals surface area (Å²) in [4.78, 5) is 23.0. The van der Waals surface area contributed by atoms with Crippen LogP contribution in [0.15, 0.2) is 53.7 Å².